The van der Waals surface area contributed by atoms with Crippen molar-refractivity contribution in [1.29, 1.82) is 0 Å². The molecule has 1 aliphatic heterocycles. The van der Waals surface area contributed by atoms with Crippen LogP contribution < -0.4 is 27.0 Å². The summed E-state index contributed by atoms with van der Waals surface area (Å²) >= 11 is 0. The zero-order chi connectivity index (χ0) is 29.8. The summed E-state index contributed by atoms with van der Waals surface area (Å²) in [6.07, 6.45) is 5.92. The molecule has 1 saturated carbocycles. The molecule has 13 heteroatoms. The maximum atomic E-state index is 13.4. The van der Waals surface area contributed by atoms with Crippen molar-refractivity contribution in [3.63, 3.8) is 0 Å². The van der Waals surface area contributed by atoms with E-state index >= 15 is 0 Å². The molecule has 6 amide bonds. The van der Waals surface area contributed by atoms with Gasteiger partial charge >= 0.3 is 6.03 Å². The van der Waals surface area contributed by atoms with Crippen LogP contribution in [-0.2, 0) is 25.8 Å². The molecule has 13 nitrogen and oxygen atoms in total. The number of urea groups is 1. The van der Waals surface area contributed by atoms with Crippen molar-refractivity contribution in [2.45, 2.75) is 70.2 Å². The van der Waals surface area contributed by atoms with Crippen LogP contribution in [-0.4, -0.2) is 76.7 Å². The van der Waals surface area contributed by atoms with Gasteiger partial charge in [0.25, 0.3) is 0 Å². The second-order valence-electron chi connectivity index (χ2n) is 10.4. The summed E-state index contributed by atoms with van der Waals surface area (Å²) in [6.45, 7) is 0.852. The highest BCUT2D eigenvalue weighted by Crippen LogP contribution is 2.41. The molecular formula is C28H40N6O7. The first-order valence-corrected chi connectivity index (χ1v) is 14.0. The standard InChI is InChI=1S/C28H40N6O7/c29-27(41)31-16-4-6-21(24(38)32-20-9-7-19(18-35)8-10-20)33-26(40)28(13-5-14-28)25(39)30-15-2-1-3-17-34-22(36)11-12-23(34)37/h7-12,21-22,35-36H,1-6,13-18H2,(H,30,39)(H,32,38)(H,33,40)(H3,29,31,41)/t21-,22?/m0/s1. The predicted octanol–water partition coefficient (Wildman–Crippen LogP) is 0.224. The van der Waals surface area contributed by atoms with Crippen LogP contribution in [0.3, 0.4) is 0 Å². The van der Waals surface area contributed by atoms with Crippen molar-refractivity contribution < 1.29 is 34.2 Å². The molecule has 0 aromatic heterocycles. The topological polar surface area (TPSA) is 203 Å². The van der Waals surface area contributed by atoms with Gasteiger partial charge in [0.15, 0.2) is 0 Å². The van der Waals surface area contributed by atoms with Crippen molar-refractivity contribution in [1.82, 2.24) is 20.9 Å². The van der Waals surface area contributed by atoms with Crippen LogP contribution in [0, 0.1) is 5.41 Å². The Labute approximate surface area is 238 Å². The van der Waals surface area contributed by atoms with Gasteiger partial charge < -0.3 is 42.1 Å². The van der Waals surface area contributed by atoms with Gasteiger partial charge in [0.05, 0.1) is 6.61 Å². The van der Waals surface area contributed by atoms with Crippen LogP contribution in [0.4, 0.5) is 10.5 Å². The van der Waals surface area contributed by atoms with Gasteiger partial charge in [-0.3, -0.25) is 19.2 Å². The molecule has 224 valence electrons. The van der Waals surface area contributed by atoms with E-state index in [-0.39, 0.29) is 31.4 Å². The number of aliphatic hydroxyl groups is 2. The fourth-order valence-electron chi connectivity index (χ4n) is 4.79. The van der Waals surface area contributed by atoms with Crippen molar-refractivity contribution in [2.75, 3.05) is 25.0 Å². The van der Waals surface area contributed by atoms with Gasteiger partial charge in [-0.05, 0) is 68.7 Å². The van der Waals surface area contributed by atoms with Crippen LogP contribution in [0.2, 0.25) is 0 Å². The first-order valence-electron chi connectivity index (χ1n) is 14.0. The Morgan fingerprint density at radius 2 is 1.71 bits per heavy atom. The number of hydrogen-bond acceptors (Lipinski definition) is 7. The molecule has 8 N–H and O–H groups in total. The van der Waals surface area contributed by atoms with Crippen LogP contribution in [0.5, 0.6) is 0 Å². The van der Waals surface area contributed by atoms with Crippen molar-refractivity contribution in [2.24, 2.45) is 11.1 Å². The molecule has 0 radical (unpaired) electrons. The van der Waals surface area contributed by atoms with E-state index in [1.54, 1.807) is 24.3 Å². The van der Waals surface area contributed by atoms with Gasteiger partial charge in [0, 0.05) is 31.4 Å². The fraction of sp³-hybridized carbons (Fsp3) is 0.536. The lowest BCUT2D eigenvalue weighted by molar-refractivity contribution is -0.150. The Hall–Kier alpha value is -3.97. The minimum Gasteiger partial charge on any atom is -0.392 e. The molecule has 41 heavy (non-hydrogen) atoms. The third-order valence-electron chi connectivity index (χ3n) is 7.45. The van der Waals surface area contributed by atoms with Gasteiger partial charge in [0.2, 0.25) is 23.6 Å². The Balaban J connectivity index is 1.52. The number of hydrogen-bond donors (Lipinski definition) is 7. The quantitative estimate of drug-likeness (QED) is 0.108. The number of anilines is 1. The van der Waals surface area contributed by atoms with Crippen molar-refractivity contribution in [3.05, 3.63) is 42.0 Å². The zero-order valence-electron chi connectivity index (χ0n) is 23.1. The Bertz CT molecular complexity index is 1120. The lowest BCUT2D eigenvalue weighted by atomic mass is 9.67. The molecule has 1 aliphatic carbocycles. The second-order valence-corrected chi connectivity index (χ2v) is 10.4. The summed E-state index contributed by atoms with van der Waals surface area (Å²) < 4.78 is 0. The molecule has 1 fully saturated rings. The third kappa shape index (κ3) is 8.76. The summed E-state index contributed by atoms with van der Waals surface area (Å²) in [6, 6.07) is 4.96. The minimum atomic E-state index is -1.26. The van der Waals surface area contributed by atoms with Gasteiger partial charge in [-0.1, -0.05) is 18.6 Å². The van der Waals surface area contributed by atoms with E-state index in [2.05, 4.69) is 21.3 Å². The molecule has 2 atom stereocenters. The summed E-state index contributed by atoms with van der Waals surface area (Å²) in [5, 5.41) is 29.8. The highest BCUT2D eigenvalue weighted by Gasteiger charge is 2.51. The number of carbonyl (C=O) groups is 5. The molecule has 0 bridgehead atoms. The second kappa shape index (κ2) is 15.1. The molecule has 1 aromatic rings. The predicted molar refractivity (Wildman–Crippen MR) is 150 cm³/mol. The van der Waals surface area contributed by atoms with Gasteiger partial charge in [-0.2, -0.15) is 0 Å². The van der Waals surface area contributed by atoms with Crippen LogP contribution in [0.25, 0.3) is 0 Å². The van der Waals surface area contributed by atoms with E-state index < -0.39 is 35.5 Å². The van der Waals surface area contributed by atoms with E-state index in [4.69, 9.17) is 5.73 Å². The monoisotopic (exact) mass is 572 g/mol. The largest absolute Gasteiger partial charge is 0.392 e. The third-order valence-corrected chi connectivity index (χ3v) is 7.45. The number of nitrogens with zero attached hydrogens (tertiary/aromatic N) is 1. The molecule has 1 aromatic carbocycles. The molecular weight excluding hydrogens is 532 g/mol. The molecule has 3 rings (SSSR count). The van der Waals surface area contributed by atoms with E-state index in [0.717, 1.165) is 6.42 Å². The Morgan fingerprint density at radius 3 is 2.29 bits per heavy atom. The number of amides is 6. The highest BCUT2D eigenvalue weighted by atomic mass is 16.3. The van der Waals surface area contributed by atoms with E-state index in [0.29, 0.717) is 62.9 Å². The lowest BCUT2D eigenvalue weighted by Gasteiger charge is -2.39. The summed E-state index contributed by atoms with van der Waals surface area (Å²) in [5.74, 6) is -1.60. The van der Waals surface area contributed by atoms with E-state index in [9.17, 15) is 34.2 Å². The number of benzene rings is 1. The maximum absolute atomic E-state index is 13.4. The van der Waals surface area contributed by atoms with Crippen molar-refractivity contribution >= 4 is 35.3 Å². The number of rotatable bonds is 16. The van der Waals surface area contributed by atoms with Crippen LogP contribution in [0.1, 0.15) is 56.9 Å². The fourth-order valence-corrected chi connectivity index (χ4v) is 4.79. The molecule has 2 aliphatic rings. The number of unbranched alkanes of at least 4 members (excludes halogenated alkanes) is 2. The smallest absolute Gasteiger partial charge is 0.312 e. The average molecular weight is 573 g/mol. The Kier molecular flexibility index (Phi) is 11.7. The zero-order valence-corrected chi connectivity index (χ0v) is 23.1. The van der Waals surface area contributed by atoms with Crippen LogP contribution in [0.15, 0.2) is 36.4 Å². The molecule has 0 saturated heterocycles. The van der Waals surface area contributed by atoms with E-state index in [1.165, 1.54) is 17.1 Å². The van der Waals surface area contributed by atoms with E-state index in [1.807, 2.05) is 0 Å². The summed E-state index contributed by atoms with van der Waals surface area (Å²) in [4.78, 5) is 63.6. The number of primary amides is 1. The minimum absolute atomic E-state index is 0.134. The van der Waals surface area contributed by atoms with Gasteiger partial charge in [0.1, 0.15) is 17.7 Å². The maximum Gasteiger partial charge on any atom is 0.312 e. The summed E-state index contributed by atoms with van der Waals surface area (Å²) in [5.41, 5.74) is 5.01. The van der Waals surface area contributed by atoms with Gasteiger partial charge in [-0.25, -0.2) is 4.79 Å². The lowest BCUT2D eigenvalue weighted by Crippen LogP contribution is -2.58. The van der Waals surface area contributed by atoms with Crippen LogP contribution >= 0.6 is 0 Å². The number of nitrogens with one attached hydrogen (secondary N) is 4. The highest BCUT2D eigenvalue weighted by molar-refractivity contribution is 6.07. The normalized spacial score (nSPS) is 17.9. The number of aliphatic hydroxyl groups excluding tert-OH is 2. The molecule has 1 unspecified atom stereocenters. The summed E-state index contributed by atoms with van der Waals surface area (Å²) in [7, 11) is 0. The van der Waals surface area contributed by atoms with Crippen molar-refractivity contribution in [3.8, 4) is 0 Å². The molecule has 1 heterocycles. The average Bonchev–Trinajstić information content (AvgIpc) is 3.24. The number of nitrogens with two attached hydrogens (primary N) is 1. The van der Waals surface area contributed by atoms with Gasteiger partial charge in [-0.15, -0.1) is 0 Å². The molecule has 0 spiro atoms. The Morgan fingerprint density at radius 1 is 1.00 bits per heavy atom. The first-order chi connectivity index (χ1) is 19.7. The number of carbonyl (C=O) groups excluding carboxylic acids is 5. The SMILES string of the molecule is NC(=O)NCCC[C@H](NC(=O)C1(C(=O)NCCCCCN2C(=O)C=CC2O)CCC1)C(=O)Nc1ccc(CO)cc1. The first kappa shape index (κ1) is 31.6.